The summed E-state index contributed by atoms with van der Waals surface area (Å²) in [6.07, 6.45) is 4.28. The fourth-order valence-electron chi connectivity index (χ4n) is 4.25. The van der Waals surface area contributed by atoms with Crippen LogP contribution >= 0.6 is 0 Å². The second-order valence-electron chi connectivity index (χ2n) is 8.73. The second-order valence-corrected chi connectivity index (χ2v) is 8.73. The Hall–Kier alpha value is -3.13. The van der Waals surface area contributed by atoms with Crippen LogP contribution in [0.5, 0.6) is 0 Å². The van der Waals surface area contributed by atoms with Gasteiger partial charge < -0.3 is 9.64 Å². The van der Waals surface area contributed by atoms with Gasteiger partial charge in [0.15, 0.2) is 0 Å². The van der Waals surface area contributed by atoms with Crippen molar-refractivity contribution < 1.29 is 14.3 Å². The number of rotatable bonds is 13. The molecule has 0 saturated carbocycles. The van der Waals surface area contributed by atoms with Gasteiger partial charge in [-0.15, -0.1) is 0 Å². The van der Waals surface area contributed by atoms with E-state index < -0.39 is 5.41 Å². The molecule has 0 aliphatic carbocycles. The molecule has 1 amide bonds. The molecule has 0 fully saturated rings. The molecule has 182 valence electrons. The van der Waals surface area contributed by atoms with Crippen LogP contribution in [0, 0.1) is 16.7 Å². The molecule has 0 N–H and O–H groups in total. The van der Waals surface area contributed by atoms with E-state index in [1.54, 1.807) is 0 Å². The van der Waals surface area contributed by atoms with Gasteiger partial charge in [-0.2, -0.15) is 5.26 Å². The average molecular weight is 463 g/mol. The Morgan fingerprint density at radius 3 is 2.26 bits per heavy atom. The Bertz CT molecular complexity index is 972. The Morgan fingerprint density at radius 1 is 1.00 bits per heavy atom. The van der Waals surface area contributed by atoms with Crippen molar-refractivity contribution in [2.24, 2.45) is 5.41 Å². The van der Waals surface area contributed by atoms with Crippen LogP contribution in [0.25, 0.3) is 11.1 Å². The minimum Gasteiger partial charge on any atom is -0.466 e. The molecule has 5 nitrogen and oxygen atoms in total. The van der Waals surface area contributed by atoms with Crippen molar-refractivity contribution in [1.82, 2.24) is 4.90 Å². The molecule has 0 aromatic heterocycles. The number of nitriles is 1. The lowest BCUT2D eigenvalue weighted by molar-refractivity contribution is -0.157. The molecule has 0 radical (unpaired) electrons. The molecule has 0 heterocycles. The van der Waals surface area contributed by atoms with Crippen LogP contribution in [0.1, 0.15) is 77.3 Å². The zero-order valence-electron chi connectivity index (χ0n) is 21.1. The van der Waals surface area contributed by atoms with Crippen LogP contribution < -0.4 is 0 Å². The summed E-state index contributed by atoms with van der Waals surface area (Å²) < 4.78 is 5.37. The largest absolute Gasteiger partial charge is 0.466 e. The van der Waals surface area contributed by atoms with E-state index in [-0.39, 0.29) is 11.9 Å². The van der Waals surface area contributed by atoms with Crippen LogP contribution in [-0.4, -0.2) is 29.9 Å². The standard InChI is InChI=1S/C29H38N2O3/c1-5-9-14-27(32)31(20-19-29(6-2,7-3)28(33)34-8-4)22-23-15-17-24(18-16-23)26-13-11-10-12-25(26)21-30/h10-13,15-18H,5-9,14,19-20,22H2,1-4H3. The zero-order chi connectivity index (χ0) is 25.0. The first-order valence-electron chi connectivity index (χ1n) is 12.5. The van der Waals surface area contributed by atoms with E-state index in [9.17, 15) is 14.9 Å². The Balaban J connectivity index is 2.22. The Labute approximate surface area is 204 Å². The van der Waals surface area contributed by atoms with Gasteiger partial charge in [-0.05, 0) is 55.4 Å². The molecule has 0 saturated heterocycles. The monoisotopic (exact) mass is 462 g/mol. The lowest BCUT2D eigenvalue weighted by Gasteiger charge is -2.32. The summed E-state index contributed by atoms with van der Waals surface area (Å²) in [7, 11) is 0. The van der Waals surface area contributed by atoms with Crippen LogP contribution in [0.4, 0.5) is 0 Å². The zero-order valence-corrected chi connectivity index (χ0v) is 21.1. The Morgan fingerprint density at radius 2 is 1.68 bits per heavy atom. The van der Waals surface area contributed by atoms with Crippen molar-refractivity contribution in [3.8, 4) is 17.2 Å². The van der Waals surface area contributed by atoms with Crippen LogP contribution in [0.2, 0.25) is 0 Å². The highest BCUT2D eigenvalue weighted by molar-refractivity contribution is 5.78. The fraction of sp³-hybridized carbons (Fsp3) is 0.483. The van der Waals surface area contributed by atoms with Crippen LogP contribution in [0.15, 0.2) is 48.5 Å². The third-order valence-corrected chi connectivity index (χ3v) is 6.71. The number of hydrogen-bond acceptors (Lipinski definition) is 4. The van der Waals surface area contributed by atoms with Gasteiger partial charge in [0.25, 0.3) is 0 Å². The highest BCUT2D eigenvalue weighted by Gasteiger charge is 2.36. The summed E-state index contributed by atoms with van der Waals surface area (Å²) in [5, 5.41) is 9.40. The van der Waals surface area contributed by atoms with E-state index in [4.69, 9.17) is 4.74 Å². The molecule has 34 heavy (non-hydrogen) atoms. The maximum Gasteiger partial charge on any atom is 0.312 e. The van der Waals surface area contributed by atoms with Gasteiger partial charge >= 0.3 is 5.97 Å². The smallest absolute Gasteiger partial charge is 0.312 e. The second kappa shape index (κ2) is 13.5. The van der Waals surface area contributed by atoms with Crippen molar-refractivity contribution in [2.75, 3.05) is 13.2 Å². The number of esters is 1. The van der Waals surface area contributed by atoms with Crippen molar-refractivity contribution >= 4 is 11.9 Å². The summed E-state index contributed by atoms with van der Waals surface area (Å²) >= 11 is 0. The van der Waals surface area contributed by atoms with Crippen molar-refractivity contribution in [2.45, 2.75) is 72.8 Å². The third kappa shape index (κ3) is 6.93. The van der Waals surface area contributed by atoms with Gasteiger partial charge in [0, 0.05) is 19.5 Å². The maximum absolute atomic E-state index is 13.0. The fourth-order valence-corrected chi connectivity index (χ4v) is 4.25. The van der Waals surface area contributed by atoms with E-state index in [2.05, 4.69) is 13.0 Å². The van der Waals surface area contributed by atoms with Gasteiger partial charge in [-0.1, -0.05) is 69.7 Å². The number of carbonyl (C=O) groups excluding carboxylic acids is 2. The number of nitrogens with zero attached hydrogens (tertiary/aromatic N) is 2. The van der Waals surface area contributed by atoms with E-state index in [1.807, 2.05) is 74.2 Å². The van der Waals surface area contributed by atoms with Crippen LogP contribution in [0.3, 0.4) is 0 Å². The molecule has 2 aromatic carbocycles. The highest BCUT2D eigenvalue weighted by atomic mass is 16.5. The van der Waals surface area contributed by atoms with Gasteiger partial charge in [0.2, 0.25) is 5.91 Å². The number of benzene rings is 2. The molecule has 0 bridgehead atoms. The first kappa shape index (κ1) is 27.1. The SMILES string of the molecule is CCCCC(=O)N(CCC(CC)(CC)C(=O)OCC)Cc1ccc(-c2ccccc2C#N)cc1. The predicted octanol–water partition coefficient (Wildman–Crippen LogP) is 6.50. The average Bonchev–Trinajstić information content (AvgIpc) is 2.87. The highest BCUT2D eigenvalue weighted by Crippen LogP contribution is 2.33. The first-order valence-corrected chi connectivity index (χ1v) is 12.5. The number of carbonyl (C=O) groups is 2. The first-order chi connectivity index (χ1) is 16.4. The minimum absolute atomic E-state index is 0.116. The van der Waals surface area contributed by atoms with Crippen molar-refractivity contribution in [3.05, 3.63) is 59.7 Å². The molecule has 5 heteroatoms. The molecule has 2 aromatic rings. The quantitative estimate of drug-likeness (QED) is 0.318. The Kier molecular flexibility index (Phi) is 10.8. The number of unbranched alkanes of at least 4 members (excludes halogenated alkanes) is 1. The number of amides is 1. The summed E-state index contributed by atoms with van der Waals surface area (Å²) in [6.45, 7) is 9.31. The molecule has 0 aliphatic heterocycles. The summed E-state index contributed by atoms with van der Waals surface area (Å²) in [4.78, 5) is 27.6. The lowest BCUT2D eigenvalue weighted by Crippen LogP contribution is -2.38. The van der Waals surface area contributed by atoms with E-state index in [0.29, 0.717) is 50.9 Å². The topological polar surface area (TPSA) is 70.4 Å². The maximum atomic E-state index is 13.0. The summed E-state index contributed by atoms with van der Waals surface area (Å²) in [5.41, 5.74) is 2.98. The van der Waals surface area contributed by atoms with E-state index >= 15 is 0 Å². The summed E-state index contributed by atoms with van der Waals surface area (Å²) in [5.74, 6) is -0.0489. The molecular weight excluding hydrogens is 424 g/mol. The molecule has 2 rings (SSSR count). The van der Waals surface area contributed by atoms with E-state index in [1.165, 1.54) is 0 Å². The third-order valence-electron chi connectivity index (χ3n) is 6.71. The van der Waals surface area contributed by atoms with Gasteiger partial charge in [0.1, 0.15) is 0 Å². The number of ether oxygens (including phenoxy) is 1. The molecule has 0 unspecified atom stereocenters. The van der Waals surface area contributed by atoms with E-state index in [0.717, 1.165) is 29.5 Å². The summed E-state index contributed by atoms with van der Waals surface area (Å²) in [6, 6.07) is 17.8. The van der Waals surface area contributed by atoms with Gasteiger partial charge in [0.05, 0.1) is 23.7 Å². The van der Waals surface area contributed by atoms with Crippen molar-refractivity contribution in [3.63, 3.8) is 0 Å². The molecule has 0 spiro atoms. The lowest BCUT2D eigenvalue weighted by atomic mass is 9.79. The van der Waals surface area contributed by atoms with Crippen LogP contribution in [-0.2, 0) is 20.9 Å². The normalized spacial score (nSPS) is 11.0. The van der Waals surface area contributed by atoms with Crippen molar-refractivity contribution in [1.29, 1.82) is 5.26 Å². The molecule has 0 aliphatic rings. The van der Waals surface area contributed by atoms with Gasteiger partial charge in [-0.3, -0.25) is 9.59 Å². The predicted molar refractivity (Wildman–Crippen MR) is 136 cm³/mol. The molecular formula is C29H38N2O3. The number of hydrogen-bond donors (Lipinski definition) is 0. The minimum atomic E-state index is -0.565. The molecule has 0 atom stereocenters. The van der Waals surface area contributed by atoms with Gasteiger partial charge in [-0.25, -0.2) is 0 Å².